The quantitative estimate of drug-likeness (QED) is 0.444. The number of halogens is 1. The van der Waals surface area contributed by atoms with Gasteiger partial charge in [0.1, 0.15) is 17.8 Å². The number of hydrogen-bond donors (Lipinski definition) is 1. The summed E-state index contributed by atoms with van der Waals surface area (Å²) in [5.41, 5.74) is 0.840. The predicted molar refractivity (Wildman–Crippen MR) is 105 cm³/mol. The van der Waals surface area contributed by atoms with Crippen molar-refractivity contribution in [2.24, 2.45) is 4.99 Å². The third kappa shape index (κ3) is 4.83. The van der Waals surface area contributed by atoms with E-state index in [4.69, 9.17) is 4.52 Å². The van der Waals surface area contributed by atoms with E-state index in [2.05, 4.69) is 43.2 Å². The van der Waals surface area contributed by atoms with Crippen LogP contribution in [0, 0.1) is 0 Å². The number of rotatable bonds is 4. The summed E-state index contributed by atoms with van der Waals surface area (Å²) in [6, 6.07) is 7.86. The molecule has 2 aromatic heterocycles. The summed E-state index contributed by atoms with van der Waals surface area (Å²) in [5.74, 6) is 1.97. The van der Waals surface area contributed by atoms with E-state index in [9.17, 15) is 0 Å². The molecule has 8 heteroatoms. The number of hydrogen-bond acceptors (Lipinski definition) is 5. The van der Waals surface area contributed by atoms with Crippen molar-refractivity contribution in [3.05, 3.63) is 42.4 Å². The molecule has 0 spiro atoms. The first-order valence-corrected chi connectivity index (χ1v) is 7.95. The van der Waals surface area contributed by atoms with Crippen molar-refractivity contribution in [2.75, 3.05) is 37.6 Å². The van der Waals surface area contributed by atoms with E-state index in [1.54, 1.807) is 6.26 Å². The van der Waals surface area contributed by atoms with Gasteiger partial charge in [-0.25, -0.2) is 9.98 Å². The van der Waals surface area contributed by atoms with E-state index in [1.807, 2.05) is 24.4 Å². The molecular weight excluding hydrogens is 419 g/mol. The molecule has 0 atom stereocenters. The second-order valence-corrected chi connectivity index (χ2v) is 5.32. The molecule has 1 aliphatic heterocycles. The molecule has 1 aliphatic rings. The second kappa shape index (κ2) is 9.45. The van der Waals surface area contributed by atoms with Gasteiger partial charge in [-0.15, -0.1) is 24.0 Å². The topological polar surface area (TPSA) is 69.8 Å². The molecule has 0 saturated carbocycles. The molecule has 0 aromatic carbocycles. The van der Waals surface area contributed by atoms with Crippen LogP contribution in [-0.2, 0) is 6.54 Å². The average Bonchev–Trinajstić information content (AvgIpc) is 3.13. The maximum absolute atomic E-state index is 4.85. The van der Waals surface area contributed by atoms with Gasteiger partial charge >= 0.3 is 0 Å². The van der Waals surface area contributed by atoms with Gasteiger partial charge in [-0.05, 0) is 19.1 Å². The van der Waals surface area contributed by atoms with Crippen LogP contribution in [0.4, 0.5) is 5.82 Å². The summed E-state index contributed by atoms with van der Waals surface area (Å²) >= 11 is 0. The van der Waals surface area contributed by atoms with Crippen LogP contribution in [0.2, 0.25) is 0 Å². The molecule has 130 valence electrons. The number of aromatic nitrogens is 2. The number of guanidine groups is 1. The van der Waals surface area contributed by atoms with Gasteiger partial charge in [0.15, 0.2) is 5.96 Å². The molecule has 0 bridgehead atoms. The molecule has 24 heavy (non-hydrogen) atoms. The number of pyridine rings is 1. The molecule has 0 aliphatic carbocycles. The van der Waals surface area contributed by atoms with Crippen molar-refractivity contribution >= 4 is 35.8 Å². The molecule has 0 amide bonds. The molecule has 0 unspecified atom stereocenters. The first-order valence-electron chi connectivity index (χ1n) is 7.95. The van der Waals surface area contributed by atoms with Gasteiger partial charge < -0.3 is 19.6 Å². The van der Waals surface area contributed by atoms with Crippen molar-refractivity contribution in [1.82, 2.24) is 20.4 Å². The molecule has 1 saturated heterocycles. The minimum atomic E-state index is 0. The fraction of sp³-hybridized carbons (Fsp3) is 0.438. The molecule has 0 radical (unpaired) electrons. The zero-order chi connectivity index (χ0) is 15.9. The lowest BCUT2D eigenvalue weighted by molar-refractivity contribution is 0.370. The highest BCUT2D eigenvalue weighted by Gasteiger charge is 2.20. The molecule has 7 nitrogen and oxygen atoms in total. The van der Waals surface area contributed by atoms with Crippen LogP contribution in [-0.4, -0.2) is 53.7 Å². The number of piperazine rings is 1. The molecule has 2 aromatic rings. The van der Waals surface area contributed by atoms with Crippen LogP contribution in [0.3, 0.4) is 0 Å². The minimum absolute atomic E-state index is 0. The largest absolute Gasteiger partial charge is 0.364 e. The molecule has 3 heterocycles. The van der Waals surface area contributed by atoms with Crippen LogP contribution in [0.15, 0.2) is 46.2 Å². The summed E-state index contributed by atoms with van der Waals surface area (Å²) in [6.45, 7) is 7.16. The number of nitrogens with one attached hydrogen (secondary N) is 1. The fourth-order valence-electron chi connectivity index (χ4n) is 2.59. The Morgan fingerprint density at radius 1 is 1.25 bits per heavy atom. The third-order valence-corrected chi connectivity index (χ3v) is 3.77. The first-order chi connectivity index (χ1) is 11.4. The van der Waals surface area contributed by atoms with Crippen molar-refractivity contribution in [2.45, 2.75) is 13.5 Å². The van der Waals surface area contributed by atoms with Gasteiger partial charge in [0.05, 0.1) is 6.54 Å². The van der Waals surface area contributed by atoms with E-state index in [0.717, 1.165) is 50.2 Å². The summed E-state index contributed by atoms with van der Waals surface area (Å²) < 4.78 is 4.85. The highest BCUT2D eigenvalue weighted by Crippen LogP contribution is 2.12. The van der Waals surface area contributed by atoms with E-state index >= 15 is 0 Å². The zero-order valence-corrected chi connectivity index (χ0v) is 16.1. The fourth-order valence-corrected chi connectivity index (χ4v) is 2.59. The SMILES string of the molecule is CCNC(=NCc1ccon1)N1CCN(c2ccccn2)CC1.I. The summed E-state index contributed by atoms with van der Waals surface area (Å²) in [5, 5.41) is 7.25. The molecule has 3 rings (SSSR count). The van der Waals surface area contributed by atoms with E-state index < -0.39 is 0 Å². The number of nitrogens with zero attached hydrogens (tertiary/aromatic N) is 5. The van der Waals surface area contributed by atoms with Crippen molar-refractivity contribution in [1.29, 1.82) is 0 Å². The van der Waals surface area contributed by atoms with Gasteiger partial charge in [0, 0.05) is 45.0 Å². The highest BCUT2D eigenvalue weighted by molar-refractivity contribution is 14.0. The monoisotopic (exact) mass is 442 g/mol. The Bertz CT molecular complexity index is 611. The minimum Gasteiger partial charge on any atom is -0.364 e. The lowest BCUT2D eigenvalue weighted by Crippen LogP contribution is -2.52. The highest BCUT2D eigenvalue weighted by atomic mass is 127. The Morgan fingerprint density at radius 3 is 2.71 bits per heavy atom. The van der Waals surface area contributed by atoms with Crippen LogP contribution in [0.5, 0.6) is 0 Å². The summed E-state index contributed by atoms with van der Waals surface area (Å²) in [7, 11) is 0. The van der Waals surface area contributed by atoms with Crippen LogP contribution < -0.4 is 10.2 Å². The first kappa shape index (κ1) is 18.5. The van der Waals surface area contributed by atoms with Crippen LogP contribution in [0.25, 0.3) is 0 Å². The maximum atomic E-state index is 4.85. The van der Waals surface area contributed by atoms with Gasteiger partial charge in [-0.2, -0.15) is 0 Å². The van der Waals surface area contributed by atoms with Crippen LogP contribution in [0.1, 0.15) is 12.6 Å². The Labute approximate surface area is 159 Å². The van der Waals surface area contributed by atoms with Crippen molar-refractivity contribution in [3.63, 3.8) is 0 Å². The van der Waals surface area contributed by atoms with E-state index in [-0.39, 0.29) is 24.0 Å². The van der Waals surface area contributed by atoms with Gasteiger partial charge in [-0.3, -0.25) is 0 Å². The smallest absolute Gasteiger partial charge is 0.194 e. The molecule has 1 N–H and O–H groups in total. The standard InChI is InChI=1S/C16H22N6O.HI/c1-2-17-16(19-13-14-6-12-23-20-14)22-10-8-21(9-11-22)15-5-3-4-7-18-15;/h3-7,12H,2,8-11,13H2,1H3,(H,17,19);1H. The van der Waals surface area contributed by atoms with Gasteiger partial charge in [0.25, 0.3) is 0 Å². The number of anilines is 1. The second-order valence-electron chi connectivity index (χ2n) is 5.32. The van der Waals surface area contributed by atoms with Crippen molar-refractivity contribution < 1.29 is 4.52 Å². The lowest BCUT2D eigenvalue weighted by atomic mass is 10.3. The van der Waals surface area contributed by atoms with E-state index in [1.165, 1.54) is 0 Å². The maximum Gasteiger partial charge on any atom is 0.194 e. The van der Waals surface area contributed by atoms with Gasteiger partial charge in [0.2, 0.25) is 0 Å². The number of aliphatic imine (C=N–C) groups is 1. The van der Waals surface area contributed by atoms with E-state index in [0.29, 0.717) is 6.54 Å². The average molecular weight is 442 g/mol. The molecular formula is C16H23IN6O. The zero-order valence-electron chi connectivity index (χ0n) is 13.8. The third-order valence-electron chi connectivity index (χ3n) is 3.77. The Morgan fingerprint density at radius 2 is 2.08 bits per heavy atom. The van der Waals surface area contributed by atoms with Crippen molar-refractivity contribution in [3.8, 4) is 0 Å². The lowest BCUT2D eigenvalue weighted by Gasteiger charge is -2.37. The Kier molecular flexibility index (Phi) is 7.29. The van der Waals surface area contributed by atoms with Gasteiger partial charge in [-0.1, -0.05) is 11.2 Å². The Balaban J connectivity index is 0.00000208. The normalized spacial score (nSPS) is 15.1. The summed E-state index contributed by atoms with van der Waals surface area (Å²) in [4.78, 5) is 13.7. The van der Waals surface area contributed by atoms with Crippen LogP contribution >= 0.6 is 24.0 Å². The predicted octanol–water partition coefficient (Wildman–Crippen LogP) is 1.98. The Hall–Kier alpha value is -1.84. The molecule has 1 fully saturated rings. The summed E-state index contributed by atoms with van der Waals surface area (Å²) in [6.07, 6.45) is 3.41.